The molecule has 9 heteroatoms. The zero-order valence-electron chi connectivity index (χ0n) is 12.5. The van der Waals surface area contributed by atoms with E-state index in [0.717, 1.165) is 12.3 Å². The maximum atomic E-state index is 11.9. The molecule has 2 rings (SSSR count). The first-order valence-corrected chi connectivity index (χ1v) is 6.60. The summed E-state index contributed by atoms with van der Waals surface area (Å²) in [5.41, 5.74) is 1.90. The van der Waals surface area contributed by atoms with Crippen LogP contribution in [0.4, 0.5) is 5.69 Å². The minimum absolute atomic E-state index is 0.0314. The fourth-order valence-electron chi connectivity index (χ4n) is 1.87. The second kappa shape index (κ2) is 7.09. The van der Waals surface area contributed by atoms with Crippen LogP contribution in [0.1, 0.15) is 15.9 Å². The van der Waals surface area contributed by atoms with Crippen molar-refractivity contribution in [1.29, 1.82) is 0 Å². The van der Waals surface area contributed by atoms with E-state index in [4.69, 9.17) is 4.74 Å². The Labute approximate surface area is 136 Å². The molecule has 0 heterocycles. The Hall–Kier alpha value is -3.62. The number of hydrogen-bond donors (Lipinski definition) is 3. The van der Waals surface area contributed by atoms with Crippen molar-refractivity contribution in [2.75, 3.05) is 7.11 Å². The van der Waals surface area contributed by atoms with Gasteiger partial charge >= 0.3 is 5.69 Å². The van der Waals surface area contributed by atoms with Crippen molar-refractivity contribution in [3.05, 3.63) is 57.6 Å². The topological polar surface area (TPSA) is 134 Å². The number of methoxy groups -OCH3 is 1. The summed E-state index contributed by atoms with van der Waals surface area (Å²) in [5, 5.41) is 33.8. The molecule has 0 aliphatic carbocycles. The number of carbonyl (C=O) groups is 1. The summed E-state index contributed by atoms with van der Waals surface area (Å²) in [5.74, 6) is -1.55. The van der Waals surface area contributed by atoms with Gasteiger partial charge in [0.25, 0.3) is 5.91 Å². The largest absolute Gasteiger partial charge is 0.507 e. The SMILES string of the molecule is COc1cc(/C=N\NC(=O)c2ccccc2O)cc([N+](=O)[O-])c1O. The van der Waals surface area contributed by atoms with E-state index in [1.165, 1.54) is 25.3 Å². The smallest absolute Gasteiger partial charge is 0.315 e. The molecule has 0 radical (unpaired) electrons. The number of ether oxygens (including phenoxy) is 1. The first kappa shape index (κ1) is 16.7. The molecular formula is C15H13N3O6. The number of nitro benzene ring substituents is 1. The number of carbonyl (C=O) groups excluding carboxylic acids is 1. The molecule has 124 valence electrons. The highest BCUT2D eigenvalue weighted by atomic mass is 16.6. The van der Waals surface area contributed by atoms with Gasteiger partial charge in [0, 0.05) is 11.6 Å². The lowest BCUT2D eigenvalue weighted by Gasteiger charge is -2.05. The van der Waals surface area contributed by atoms with Crippen LogP contribution in [0.15, 0.2) is 41.5 Å². The molecule has 3 N–H and O–H groups in total. The second-order valence-corrected chi connectivity index (χ2v) is 4.56. The third-order valence-corrected chi connectivity index (χ3v) is 3.02. The standard InChI is InChI=1S/C15H13N3O6/c1-24-13-7-9(6-11(14(13)20)18(22)23)8-16-17-15(21)10-4-2-3-5-12(10)19/h2-8,19-20H,1H3,(H,17,21)/b16-8-. The van der Waals surface area contributed by atoms with Crippen molar-refractivity contribution in [3.63, 3.8) is 0 Å². The van der Waals surface area contributed by atoms with Gasteiger partial charge in [-0.15, -0.1) is 0 Å². The normalized spacial score (nSPS) is 10.5. The van der Waals surface area contributed by atoms with E-state index >= 15 is 0 Å². The zero-order valence-corrected chi connectivity index (χ0v) is 12.5. The predicted molar refractivity (Wildman–Crippen MR) is 84.5 cm³/mol. The van der Waals surface area contributed by atoms with E-state index in [2.05, 4.69) is 10.5 Å². The lowest BCUT2D eigenvalue weighted by atomic mass is 10.2. The van der Waals surface area contributed by atoms with Crippen LogP contribution in [0, 0.1) is 10.1 Å². The molecule has 0 atom stereocenters. The van der Waals surface area contributed by atoms with Gasteiger partial charge in [-0.25, -0.2) is 5.43 Å². The van der Waals surface area contributed by atoms with E-state index in [0.29, 0.717) is 0 Å². The Morgan fingerprint density at radius 3 is 2.67 bits per heavy atom. The molecule has 0 aliphatic rings. The third kappa shape index (κ3) is 3.58. The summed E-state index contributed by atoms with van der Waals surface area (Å²) in [4.78, 5) is 22.0. The molecule has 0 unspecified atom stereocenters. The lowest BCUT2D eigenvalue weighted by Crippen LogP contribution is -2.17. The Kier molecular flexibility index (Phi) is 4.95. The monoisotopic (exact) mass is 331 g/mol. The van der Waals surface area contributed by atoms with Crippen molar-refractivity contribution in [1.82, 2.24) is 5.43 Å². The number of nitrogens with one attached hydrogen (secondary N) is 1. The molecule has 24 heavy (non-hydrogen) atoms. The molecule has 9 nitrogen and oxygen atoms in total. The fourth-order valence-corrected chi connectivity index (χ4v) is 1.87. The summed E-state index contributed by atoms with van der Waals surface area (Å²) >= 11 is 0. The molecule has 0 aromatic heterocycles. The lowest BCUT2D eigenvalue weighted by molar-refractivity contribution is -0.386. The van der Waals surface area contributed by atoms with Gasteiger partial charge in [0.15, 0.2) is 5.75 Å². The first-order valence-electron chi connectivity index (χ1n) is 6.60. The Morgan fingerprint density at radius 2 is 2.04 bits per heavy atom. The molecule has 2 aromatic rings. The highest BCUT2D eigenvalue weighted by molar-refractivity contribution is 5.97. The average molecular weight is 331 g/mol. The van der Waals surface area contributed by atoms with Crippen molar-refractivity contribution in [2.45, 2.75) is 0 Å². The van der Waals surface area contributed by atoms with Gasteiger partial charge in [0.1, 0.15) is 5.75 Å². The number of phenolic OH excluding ortho intramolecular Hbond substituents is 2. The Bertz CT molecular complexity index is 819. The van der Waals surface area contributed by atoms with Crippen molar-refractivity contribution < 1.29 is 24.7 Å². The predicted octanol–water partition coefficient (Wildman–Crippen LogP) is 1.78. The molecule has 0 fully saturated rings. The summed E-state index contributed by atoms with van der Waals surface area (Å²) in [6.07, 6.45) is 1.15. The van der Waals surface area contributed by atoms with Gasteiger partial charge in [-0.2, -0.15) is 5.10 Å². The quantitative estimate of drug-likeness (QED) is 0.434. The average Bonchev–Trinajstić information content (AvgIpc) is 2.56. The number of aromatic hydroxyl groups is 2. The van der Waals surface area contributed by atoms with E-state index < -0.39 is 22.3 Å². The van der Waals surface area contributed by atoms with E-state index in [-0.39, 0.29) is 22.6 Å². The Morgan fingerprint density at radius 1 is 1.33 bits per heavy atom. The fraction of sp³-hybridized carbons (Fsp3) is 0.0667. The van der Waals surface area contributed by atoms with Crippen LogP contribution < -0.4 is 10.2 Å². The molecule has 0 aliphatic heterocycles. The van der Waals surface area contributed by atoms with Gasteiger partial charge in [0.05, 0.1) is 23.8 Å². The van der Waals surface area contributed by atoms with Crippen LogP contribution in [0.3, 0.4) is 0 Å². The maximum absolute atomic E-state index is 11.9. The van der Waals surface area contributed by atoms with Crippen LogP contribution in [-0.4, -0.2) is 34.4 Å². The molecule has 0 saturated heterocycles. The first-order chi connectivity index (χ1) is 11.4. The summed E-state index contributed by atoms with van der Waals surface area (Å²) in [6.45, 7) is 0. The van der Waals surface area contributed by atoms with Crippen LogP contribution in [0.2, 0.25) is 0 Å². The van der Waals surface area contributed by atoms with Crippen LogP contribution in [0.25, 0.3) is 0 Å². The van der Waals surface area contributed by atoms with Crippen LogP contribution in [-0.2, 0) is 0 Å². The minimum Gasteiger partial charge on any atom is -0.507 e. The zero-order chi connectivity index (χ0) is 17.7. The molecule has 1 amide bonds. The minimum atomic E-state index is -0.768. The molecule has 0 spiro atoms. The summed E-state index contributed by atoms with van der Waals surface area (Å²) in [7, 11) is 1.25. The van der Waals surface area contributed by atoms with Crippen molar-refractivity contribution in [2.24, 2.45) is 5.10 Å². The van der Waals surface area contributed by atoms with Gasteiger partial charge in [-0.3, -0.25) is 14.9 Å². The highest BCUT2D eigenvalue weighted by Crippen LogP contribution is 2.36. The number of benzene rings is 2. The van der Waals surface area contributed by atoms with E-state index in [1.807, 2.05) is 0 Å². The van der Waals surface area contributed by atoms with E-state index in [9.17, 15) is 25.1 Å². The number of amides is 1. The number of nitro groups is 1. The summed E-state index contributed by atoms with van der Waals surface area (Å²) < 4.78 is 4.85. The number of hydrazone groups is 1. The highest BCUT2D eigenvalue weighted by Gasteiger charge is 2.19. The second-order valence-electron chi connectivity index (χ2n) is 4.56. The van der Waals surface area contributed by atoms with Crippen LogP contribution in [0.5, 0.6) is 17.2 Å². The number of nitrogens with zero attached hydrogens (tertiary/aromatic N) is 2. The number of hydrogen-bond acceptors (Lipinski definition) is 7. The van der Waals surface area contributed by atoms with Crippen LogP contribution >= 0.6 is 0 Å². The maximum Gasteiger partial charge on any atom is 0.315 e. The third-order valence-electron chi connectivity index (χ3n) is 3.02. The van der Waals surface area contributed by atoms with Gasteiger partial charge in [-0.1, -0.05) is 12.1 Å². The summed E-state index contributed by atoms with van der Waals surface area (Å²) in [6, 6.07) is 8.30. The van der Waals surface area contributed by atoms with Gasteiger partial charge < -0.3 is 14.9 Å². The number of para-hydroxylation sites is 1. The van der Waals surface area contributed by atoms with Crippen molar-refractivity contribution >= 4 is 17.8 Å². The van der Waals surface area contributed by atoms with Crippen molar-refractivity contribution in [3.8, 4) is 17.2 Å². The number of phenols is 2. The van der Waals surface area contributed by atoms with E-state index in [1.54, 1.807) is 12.1 Å². The molecule has 2 aromatic carbocycles. The molecular weight excluding hydrogens is 318 g/mol. The Balaban J connectivity index is 2.20. The van der Waals surface area contributed by atoms with Gasteiger partial charge in [-0.05, 0) is 18.2 Å². The molecule has 0 saturated carbocycles. The number of rotatable bonds is 5. The molecule has 0 bridgehead atoms. The van der Waals surface area contributed by atoms with Gasteiger partial charge in [0.2, 0.25) is 5.75 Å².